The zero-order valence-electron chi connectivity index (χ0n) is 47.3. The summed E-state index contributed by atoms with van der Waals surface area (Å²) in [4.78, 5) is 24.5. The van der Waals surface area contributed by atoms with Crippen molar-refractivity contribution in [1.82, 2.24) is 5.32 Å². The summed E-state index contributed by atoms with van der Waals surface area (Å²) in [5.74, 6) is -0.0575. The number of allylic oxidation sites excluding steroid dienone is 3. The van der Waals surface area contributed by atoms with Crippen molar-refractivity contribution >= 4 is 11.9 Å². The molecule has 0 radical (unpaired) electrons. The molecule has 0 heterocycles. The molecule has 6 nitrogen and oxygen atoms in total. The van der Waals surface area contributed by atoms with Crippen LogP contribution < -0.4 is 5.32 Å². The highest BCUT2D eigenvalue weighted by Gasteiger charge is 2.18. The van der Waals surface area contributed by atoms with Gasteiger partial charge in [0.2, 0.25) is 5.91 Å². The quantitative estimate of drug-likeness (QED) is 0.0321. The van der Waals surface area contributed by atoms with Gasteiger partial charge in [-0.15, -0.1) is 0 Å². The smallest absolute Gasteiger partial charge is 0.305 e. The number of aliphatic hydroxyl groups excluding tert-OH is 2. The van der Waals surface area contributed by atoms with Crippen molar-refractivity contribution in [3.63, 3.8) is 0 Å². The Morgan fingerprint density at radius 2 is 0.671 bits per heavy atom. The Bertz CT molecular complexity index is 1090. The molecule has 0 aromatic rings. The van der Waals surface area contributed by atoms with Crippen LogP contribution in [-0.2, 0) is 14.3 Å². The molecule has 0 spiro atoms. The van der Waals surface area contributed by atoms with Gasteiger partial charge in [-0.05, 0) is 57.8 Å². The summed E-state index contributed by atoms with van der Waals surface area (Å²) >= 11 is 0. The number of amides is 1. The van der Waals surface area contributed by atoms with E-state index in [1.54, 1.807) is 6.08 Å². The molecule has 6 heteroatoms. The molecule has 414 valence electrons. The first-order chi connectivity index (χ1) is 34.5. The third-order valence-electron chi connectivity index (χ3n) is 14.7. The second kappa shape index (κ2) is 59.9. The maximum Gasteiger partial charge on any atom is 0.305 e. The Morgan fingerprint density at radius 1 is 0.386 bits per heavy atom. The first kappa shape index (κ1) is 68.3. The van der Waals surface area contributed by atoms with Gasteiger partial charge in [0.15, 0.2) is 0 Å². The van der Waals surface area contributed by atoms with E-state index >= 15 is 0 Å². The van der Waals surface area contributed by atoms with Crippen LogP contribution in [0.25, 0.3) is 0 Å². The molecule has 3 N–H and O–H groups in total. The van der Waals surface area contributed by atoms with Crippen molar-refractivity contribution in [3.05, 3.63) is 24.3 Å². The maximum absolute atomic E-state index is 12.5. The van der Waals surface area contributed by atoms with E-state index in [9.17, 15) is 19.8 Å². The molecule has 2 unspecified atom stereocenters. The summed E-state index contributed by atoms with van der Waals surface area (Å²) in [6, 6.07) is -0.626. The SMILES string of the molecule is CCCCCC/C=C\CCCCCCCC(=O)OCCCCCCCCCCCCCCCCCCCCCCCCCCCC(=O)NC(CO)C(O)/C=C/CCCCCCCCCCCCCCC. The van der Waals surface area contributed by atoms with E-state index in [-0.39, 0.29) is 18.5 Å². The lowest BCUT2D eigenvalue weighted by molar-refractivity contribution is -0.143. The van der Waals surface area contributed by atoms with E-state index in [1.165, 1.54) is 276 Å². The number of hydrogen-bond acceptors (Lipinski definition) is 5. The van der Waals surface area contributed by atoms with Gasteiger partial charge in [-0.25, -0.2) is 0 Å². The van der Waals surface area contributed by atoms with Crippen LogP contribution in [0.5, 0.6) is 0 Å². The lowest BCUT2D eigenvalue weighted by Gasteiger charge is -2.20. The molecule has 0 rings (SSSR count). The molecule has 0 bridgehead atoms. The zero-order chi connectivity index (χ0) is 50.7. The number of rotatable bonds is 59. The van der Waals surface area contributed by atoms with Gasteiger partial charge in [0.25, 0.3) is 0 Å². The van der Waals surface area contributed by atoms with Crippen LogP contribution in [-0.4, -0.2) is 47.4 Å². The van der Waals surface area contributed by atoms with Crippen LogP contribution in [0.1, 0.15) is 348 Å². The van der Waals surface area contributed by atoms with E-state index in [0.29, 0.717) is 19.4 Å². The molecule has 0 saturated carbocycles. The van der Waals surface area contributed by atoms with Gasteiger partial charge < -0.3 is 20.3 Å². The van der Waals surface area contributed by atoms with E-state index < -0.39 is 12.1 Å². The van der Waals surface area contributed by atoms with Crippen LogP contribution in [0, 0.1) is 0 Å². The molecule has 1 amide bonds. The fourth-order valence-corrected chi connectivity index (χ4v) is 9.87. The normalized spacial score (nSPS) is 12.7. The number of unbranched alkanes of at least 4 members (excludes halogenated alkanes) is 46. The summed E-state index contributed by atoms with van der Waals surface area (Å²) in [5, 5.41) is 23.1. The Morgan fingerprint density at radius 3 is 1.03 bits per heavy atom. The van der Waals surface area contributed by atoms with Crippen LogP contribution in [0.3, 0.4) is 0 Å². The second-order valence-electron chi connectivity index (χ2n) is 21.7. The van der Waals surface area contributed by atoms with Gasteiger partial charge in [0, 0.05) is 12.8 Å². The van der Waals surface area contributed by atoms with Gasteiger partial charge in [0.1, 0.15) is 0 Å². The summed E-state index contributed by atoms with van der Waals surface area (Å²) < 4.78 is 5.48. The minimum absolute atomic E-state index is 0.00694. The average Bonchev–Trinajstić information content (AvgIpc) is 3.36. The molecule has 0 aliphatic heterocycles. The lowest BCUT2D eigenvalue weighted by Crippen LogP contribution is -2.45. The highest BCUT2D eigenvalue weighted by Crippen LogP contribution is 2.18. The van der Waals surface area contributed by atoms with Crippen molar-refractivity contribution < 1.29 is 24.5 Å². The number of ether oxygens (including phenoxy) is 1. The predicted octanol–water partition coefficient (Wildman–Crippen LogP) is 19.8. The van der Waals surface area contributed by atoms with Crippen molar-refractivity contribution in [1.29, 1.82) is 0 Å². The Labute approximate surface area is 437 Å². The van der Waals surface area contributed by atoms with E-state index in [4.69, 9.17) is 4.74 Å². The molecular weight excluding hydrogens is 863 g/mol. The number of carbonyl (C=O) groups is 2. The molecule has 0 aromatic heterocycles. The van der Waals surface area contributed by atoms with E-state index in [2.05, 4.69) is 31.3 Å². The van der Waals surface area contributed by atoms with Gasteiger partial charge >= 0.3 is 5.97 Å². The van der Waals surface area contributed by atoms with Crippen molar-refractivity contribution in [2.45, 2.75) is 360 Å². The minimum Gasteiger partial charge on any atom is -0.466 e. The third-order valence-corrected chi connectivity index (χ3v) is 14.7. The Kier molecular flexibility index (Phi) is 58.5. The van der Waals surface area contributed by atoms with Crippen LogP contribution in [0.2, 0.25) is 0 Å². The van der Waals surface area contributed by atoms with Crippen LogP contribution in [0.4, 0.5) is 0 Å². The molecule has 0 aliphatic rings. The van der Waals surface area contributed by atoms with Gasteiger partial charge in [0.05, 0.1) is 25.4 Å². The van der Waals surface area contributed by atoms with E-state index in [0.717, 1.165) is 44.9 Å². The maximum atomic E-state index is 12.5. The lowest BCUT2D eigenvalue weighted by atomic mass is 10.0. The summed E-state index contributed by atoms with van der Waals surface area (Å²) in [7, 11) is 0. The fourth-order valence-electron chi connectivity index (χ4n) is 9.87. The van der Waals surface area contributed by atoms with Crippen molar-refractivity contribution in [3.8, 4) is 0 Å². The minimum atomic E-state index is -0.842. The number of carbonyl (C=O) groups excluding carboxylic acids is 2. The molecule has 0 saturated heterocycles. The summed E-state index contributed by atoms with van der Waals surface area (Å²) in [6.45, 7) is 4.91. The molecule has 0 fully saturated rings. The topological polar surface area (TPSA) is 95.9 Å². The van der Waals surface area contributed by atoms with Crippen LogP contribution >= 0.6 is 0 Å². The van der Waals surface area contributed by atoms with Crippen molar-refractivity contribution in [2.24, 2.45) is 0 Å². The van der Waals surface area contributed by atoms with Crippen LogP contribution in [0.15, 0.2) is 24.3 Å². The number of nitrogens with one attached hydrogen (secondary N) is 1. The molecule has 70 heavy (non-hydrogen) atoms. The largest absolute Gasteiger partial charge is 0.466 e. The van der Waals surface area contributed by atoms with E-state index in [1.807, 2.05) is 6.08 Å². The molecule has 0 aliphatic carbocycles. The predicted molar refractivity (Wildman–Crippen MR) is 306 cm³/mol. The standard InChI is InChI=1S/C64H123NO5/c1-3-5-7-9-11-13-15-17-29-33-36-40-44-48-52-56-62(67)61(60-66)65-63(68)57-53-49-45-41-37-34-30-27-25-23-21-19-18-20-22-24-26-28-31-35-39-43-47-51-55-59-70-64(69)58-54-50-46-42-38-32-16-14-12-10-8-6-4-2/h14,16,52,56,61-62,66-67H,3-13,15,17-51,53-55,57-60H2,1-2H3,(H,65,68)/b16-14-,56-52+. The van der Waals surface area contributed by atoms with Gasteiger partial charge in [-0.1, -0.05) is 301 Å². The second-order valence-corrected chi connectivity index (χ2v) is 21.7. The number of hydrogen-bond donors (Lipinski definition) is 3. The third kappa shape index (κ3) is 55.7. The number of esters is 1. The highest BCUT2D eigenvalue weighted by atomic mass is 16.5. The fraction of sp³-hybridized carbons (Fsp3) is 0.906. The average molecular weight is 987 g/mol. The first-order valence-electron chi connectivity index (χ1n) is 31.6. The number of aliphatic hydroxyl groups is 2. The van der Waals surface area contributed by atoms with Gasteiger partial charge in [-0.3, -0.25) is 9.59 Å². The highest BCUT2D eigenvalue weighted by molar-refractivity contribution is 5.76. The summed E-state index contributed by atoms with van der Waals surface area (Å²) in [5.41, 5.74) is 0. The zero-order valence-corrected chi connectivity index (χ0v) is 47.3. The molecular formula is C64H123NO5. The Hall–Kier alpha value is -1.66. The summed E-state index contributed by atoms with van der Waals surface area (Å²) in [6.07, 6.45) is 73.7. The monoisotopic (exact) mass is 986 g/mol. The molecule has 2 atom stereocenters. The van der Waals surface area contributed by atoms with Crippen molar-refractivity contribution in [2.75, 3.05) is 13.2 Å². The Balaban J connectivity index is 3.38. The first-order valence-corrected chi connectivity index (χ1v) is 31.6. The molecule has 0 aromatic carbocycles. The van der Waals surface area contributed by atoms with Gasteiger partial charge in [-0.2, -0.15) is 0 Å².